The Labute approximate surface area is 127 Å². The lowest BCUT2D eigenvalue weighted by Gasteiger charge is -2.16. The summed E-state index contributed by atoms with van der Waals surface area (Å²) in [4.78, 5) is 11.5. The predicted octanol–water partition coefficient (Wildman–Crippen LogP) is 2.85. The highest BCUT2D eigenvalue weighted by Crippen LogP contribution is 2.34. The Morgan fingerprint density at radius 1 is 1.36 bits per heavy atom. The van der Waals surface area contributed by atoms with Gasteiger partial charge in [0.1, 0.15) is 5.75 Å². The lowest BCUT2D eigenvalue weighted by molar-refractivity contribution is -0.138. The fourth-order valence-corrected chi connectivity index (χ4v) is 1.86. The van der Waals surface area contributed by atoms with Gasteiger partial charge < -0.3 is 15.8 Å². The van der Waals surface area contributed by atoms with Gasteiger partial charge in [0, 0.05) is 13.0 Å². The molecule has 22 heavy (non-hydrogen) atoms. The Morgan fingerprint density at radius 2 is 2.05 bits per heavy atom. The van der Waals surface area contributed by atoms with Crippen LogP contribution in [0, 0.1) is 0 Å². The van der Waals surface area contributed by atoms with Crippen LogP contribution in [-0.4, -0.2) is 18.6 Å². The van der Waals surface area contributed by atoms with Crippen LogP contribution in [0.3, 0.4) is 0 Å². The van der Waals surface area contributed by atoms with Crippen molar-refractivity contribution in [2.24, 2.45) is 5.73 Å². The van der Waals surface area contributed by atoms with Crippen molar-refractivity contribution in [1.82, 2.24) is 5.32 Å². The van der Waals surface area contributed by atoms with E-state index in [9.17, 15) is 18.0 Å². The summed E-state index contributed by atoms with van der Waals surface area (Å²) < 4.78 is 44.6. The number of rotatable bonds is 7. The number of hydrogen-bond acceptors (Lipinski definition) is 3. The summed E-state index contributed by atoms with van der Waals surface area (Å²) in [5.41, 5.74) is 4.48. The summed E-state index contributed by atoms with van der Waals surface area (Å²) in [7, 11) is 0. The molecular formula is C15H21F3N2O2. The van der Waals surface area contributed by atoms with Gasteiger partial charge in [0.2, 0.25) is 5.91 Å². The molecule has 0 heterocycles. The third-order valence-electron chi connectivity index (χ3n) is 2.84. The van der Waals surface area contributed by atoms with E-state index in [2.05, 4.69) is 5.32 Å². The Hall–Kier alpha value is -1.76. The van der Waals surface area contributed by atoms with Gasteiger partial charge in [-0.2, -0.15) is 13.2 Å². The third-order valence-corrected chi connectivity index (χ3v) is 2.84. The zero-order valence-corrected chi connectivity index (χ0v) is 12.7. The van der Waals surface area contributed by atoms with Crippen LogP contribution in [0.5, 0.6) is 5.75 Å². The van der Waals surface area contributed by atoms with Crippen LogP contribution >= 0.6 is 0 Å². The SMILES string of the molecule is CC(C)Oc1ccc(CNC(=O)CCCN)c(C(F)(F)F)c1. The molecule has 0 saturated heterocycles. The number of nitrogens with one attached hydrogen (secondary N) is 1. The molecule has 0 aliphatic rings. The summed E-state index contributed by atoms with van der Waals surface area (Å²) in [5, 5.41) is 2.47. The van der Waals surface area contributed by atoms with Gasteiger partial charge in [-0.05, 0) is 44.5 Å². The van der Waals surface area contributed by atoms with Crippen molar-refractivity contribution in [2.45, 2.75) is 45.5 Å². The van der Waals surface area contributed by atoms with Crippen LogP contribution in [0.2, 0.25) is 0 Å². The van der Waals surface area contributed by atoms with Crippen molar-refractivity contribution >= 4 is 5.91 Å². The van der Waals surface area contributed by atoms with E-state index in [0.29, 0.717) is 13.0 Å². The first-order valence-electron chi connectivity index (χ1n) is 7.07. The Morgan fingerprint density at radius 3 is 2.59 bits per heavy atom. The van der Waals surface area contributed by atoms with Gasteiger partial charge in [-0.15, -0.1) is 0 Å². The summed E-state index contributed by atoms with van der Waals surface area (Å²) in [6.07, 6.45) is -4.03. The predicted molar refractivity (Wildman–Crippen MR) is 77.3 cm³/mol. The zero-order chi connectivity index (χ0) is 16.8. The van der Waals surface area contributed by atoms with E-state index in [-0.39, 0.29) is 36.3 Å². The molecule has 0 unspecified atom stereocenters. The van der Waals surface area contributed by atoms with E-state index >= 15 is 0 Å². The molecule has 1 rings (SSSR count). The summed E-state index contributed by atoms with van der Waals surface area (Å²) in [6, 6.07) is 3.75. The fourth-order valence-electron chi connectivity index (χ4n) is 1.86. The lowest BCUT2D eigenvalue weighted by Crippen LogP contribution is -2.25. The molecule has 7 heteroatoms. The number of carbonyl (C=O) groups is 1. The Balaban J connectivity index is 2.87. The molecule has 0 spiro atoms. The summed E-state index contributed by atoms with van der Waals surface area (Å²) >= 11 is 0. The minimum Gasteiger partial charge on any atom is -0.491 e. The molecule has 1 amide bonds. The van der Waals surface area contributed by atoms with Crippen molar-refractivity contribution in [3.05, 3.63) is 29.3 Å². The topological polar surface area (TPSA) is 64.3 Å². The van der Waals surface area contributed by atoms with Crippen LogP contribution in [-0.2, 0) is 17.5 Å². The highest BCUT2D eigenvalue weighted by Gasteiger charge is 2.33. The number of hydrogen-bond donors (Lipinski definition) is 2. The second kappa shape index (κ2) is 8.03. The zero-order valence-electron chi connectivity index (χ0n) is 12.7. The number of ether oxygens (including phenoxy) is 1. The molecule has 0 aromatic heterocycles. The van der Waals surface area contributed by atoms with Crippen molar-refractivity contribution in [3.63, 3.8) is 0 Å². The standard InChI is InChI=1S/C15H21F3N2O2/c1-10(2)22-12-6-5-11(13(8-12)15(16,17)18)9-20-14(21)4-3-7-19/h5-6,8,10H,3-4,7,9,19H2,1-2H3,(H,20,21). The Kier molecular flexibility index (Phi) is 6.67. The van der Waals surface area contributed by atoms with E-state index in [1.165, 1.54) is 12.1 Å². The van der Waals surface area contributed by atoms with Crippen molar-refractivity contribution < 1.29 is 22.7 Å². The summed E-state index contributed by atoms with van der Waals surface area (Å²) in [5.74, 6) is -0.165. The first-order chi connectivity index (χ1) is 10.2. The number of alkyl halides is 3. The minimum absolute atomic E-state index is 0.00436. The first-order valence-corrected chi connectivity index (χ1v) is 7.07. The molecule has 0 aliphatic heterocycles. The molecule has 0 aliphatic carbocycles. The number of carbonyl (C=O) groups excluding carboxylic acids is 1. The molecular weight excluding hydrogens is 297 g/mol. The second-order valence-electron chi connectivity index (χ2n) is 5.15. The van der Waals surface area contributed by atoms with Gasteiger partial charge in [-0.25, -0.2) is 0 Å². The van der Waals surface area contributed by atoms with Gasteiger partial charge in [0.05, 0.1) is 11.7 Å². The monoisotopic (exact) mass is 318 g/mol. The lowest BCUT2D eigenvalue weighted by atomic mass is 10.1. The molecule has 0 radical (unpaired) electrons. The third kappa shape index (κ3) is 5.93. The van der Waals surface area contributed by atoms with Gasteiger partial charge in [0.25, 0.3) is 0 Å². The summed E-state index contributed by atoms with van der Waals surface area (Å²) in [6.45, 7) is 3.65. The largest absolute Gasteiger partial charge is 0.491 e. The quantitative estimate of drug-likeness (QED) is 0.812. The number of nitrogens with two attached hydrogens (primary N) is 1. The average Bonchev–Trinajstić information content (AvgIpc) is 2.42. The van der Waals surface area contributed by atoms with Crippen LogP contribution < -0.4 is 15.8 Å². The molecule has 0 bridgehead atoms. The first kappa shape index (κ1) is 18.3. The average molecular weight is 318 g/mol. The molecule has 0 saturated carbocycles. The molecule has 124 valence electrons. The number of amides is 1. The normalized spacial score (nSPS) is 11.6. The van der Waals surface area contributed by atoms with Crippen LogP contribution in [0.25, 0.3) is 0 Å². The van der Waals surface area contributed by atoms with E-state index < -0.39 is 11.7 Å². The maximum absolute atomic E-state index is 13.1. The molecule has 1 aromatic rings. The van der Waals surface area contributed by atoms with E-state index in [1.807, 2.05) is 0 Å². The molecule has 1 aromatic carbocycles. The van der Waals surface area contributed by atoms with Crippen LogP contribution in [0.4, 0.5) is 13.2 Å². The fraction of sp³-hybridized carbons (Fsp3) is 0.533. The minimum atomic E-state index is -4.51. The Bertz CT molecular complexity index is 502. The van der Waals surface area contributed by atoms with Crippen LogP contribution in [0.15, 0.2) is 18.2 Å². The second-order valence-corrected chi connectivity index (χ2v) is 5.15. The smallest absolute Gasteiger partial charge is 0.416 e. The van der Waals surface area contributed by atoms with Gasteiger partial charge in [-0.3, -0.25) is 4.79 Å². The number of halogens is 3. The van der Waals surface area contributed by atoms with Crippen LogP contribution in [0.1, 0.15) is 37.8 Å². The molecule has 0 fully saturated rings. The van der Waals surface area contributed by atoms with Crippen molar-refractivity contribution in [1.29, 1.82) is 0 Å². The maximum Gasteiger partial charge on any atom is 0.416 e. The van der Waals surface area contributed by atoms with Crippen molar-refractivity contribution in [3.8, 4) is 5.75 Å². The number of benzene rings is 1. The van der Waals surface area contributed by atoms with Crippen molar-refractivity contribution in [2.75, 3.05) is 6.54 Å². The molecule has 0 atom stereocenters. The van der Waals surface area contributed by atoms with E-state index in [1.54, 1.807) is 13.8 Å². The van der Waals surface area contributed by atoms with Gasteiger partial charge in [-0.1, -0.05) is 6.07 Å². The molecule has 4 nitrogen and oxygen atoms in total. The van der Waals surface area contributed by atoms with Gasteiger partial charge in [0.15, 0.2) is 0 Å². The van der Waals surface area contributed by atoms with Gasteiger partial charge >= 0.3 is 6.18 Å². The maximum atomic E-state index is 13.1. The highest BCUT2D eigenvalue weighted by atomic mass is 19.4. The highest BCUT2D eigenvalue weighted by molar-refractivity contribution is 5.75. The molecule has 3 N–H and O–H groups in total. The van der Waals surface area contributed by atoms with E-state index in [0.717, 1.165) is 6.07 Å². The van der Waals surface area contributed by atoms with E-state index in [4.69, 9.17) is 10.5 Å².